The summed E-state index contributed by atoms with van der Waals surface area (Å²) in [5.74, 6) is -3.91. The number of hydrogen-bond acceptors (Lipinski definition) is 5. The summed E-state index contributed by atoms with van der Waals surface area (Å²) in [7, 11) is 0. The van der Waals surface area contributed by atoms with Gasteiger partial charge in [0.15, 0.2) is 5.16 Å². The van der Waals surface area contributed by atoms with Crippen LogP contribution in [0.5, 0.6) is 0 Å². The summed E-state index contributed by atoms with van der Waals surface area (Å²) in [6, 6.07) is -14.7. The molecule has 0 N–H and O–H groups in total. The van der Waals surface area contributed by atoms with Crippen LogP contribution in [0.2, 0.25) is 0 Å². The van der Waals surface area contributed by atoms with Crippen LogP contribution in [0.1, 0.15) is 85.3 Å². The second-order valence-electron chi connectivity index (χ2n) is 9.82. The monoisotopic (exact) mass is 703 g/mol. The van der Waals surface area contributed by atoms with E-state index in [-0.39, 0.29) is 52.1 Å². The number of carbonyl (C=O) groups excluding carboxylic acids is 1. The van der Waals surface area contributed by atoms with Crippen molar-refractivity contribution >= 4 is 17.7 Å². The Labute approximate surface area is 315 Å². The molecule has 1 aromatic heterocycles. The van der Waals surface area contributed by atoms with Gasteiger partial charge in [-0.15, -0.1) is 0 Å². The quantitative estimate of drug-likeness (QED) is 0.0819. The zero-order valence-corrected chi connectivity index (χ0v) is 26.2. The summed E-state index contributed by atoms with van der Waals surface area (Å²) >= 11 is -0.273. The molecule has 0 aliphatic heterocycles. The first-order chi connectivity index (χ1) is 31.9. The van der Waals surface area contributed by atoms with Crippen molar-refractivity contribution in [2.24, 2.45) is 0 Å². The molecule has 0 saturated heterocycles. The number of aromatic nitrogens is 2. The minimum absolute atomic E-state index is 0.0571. The molecular formula is C37H40F4N4O2S. The van der Waals surface area contributed by atoms with Gasteiger partial charge in [-0.1, -0.05) is 67.9 Å². The number of benzene rings is 3. The highest BCUT2D eigenvalue weighted by atomic mass is 32.2. The van der Waals surface area contributed by atoms with Gasteiger partial charge < -0.3 is 14.4 Å². The largest absolute Gasteiger partial charge is 0.416 e. The number of thioether (sulfide) groups is 1. The predicted octanol–water partition coefficient (Wildman–Crippen LogP) is 7.53. The van der Waals surface area contributed by atoms with Gasteiger partial charge in [0.1, 0.15) is 12.3 Å². The van der Waals surface area contributed by atoms with Crippen molar-refractivity contribution in [3.8, 4) is 11.1 Å². The van der Waals surface area contributed by atoms with E-state index in [1.165, 1.54) is 0 Å². The van der Waals surface area contributed by atoms with Gasteiger partial charge in [-0.3, -0.25) is 9.59 Å². The number of amides is 1. The average Bonchev–Trinajstić information content (AvgIpc) is 3.70. The number of rotatable bonds is 13. The van der Waals surface area contributed by atoms with E-state index in [1.54, 1.807) is 0 Å². The lowest BCUT2D eigenvalue weighted by atomic mass is 9.98. The van der Waals surface area contributed by atoms with Crippen LogP contribution in [-0.2, 0) is 42.6 Å². The number of nitrogens with zero attached hydrogens (tertiary/aromatic N) is 4. The summed E-state index contributed by atoms with van der Waals surface area (Å²) in [5, 5.41) is -1.10. The Kier molecular flexibility index (Phi) is 5.22. The molecular weight excluding hydrogens is 640 g/mol. The third-order valence-electron chi connectivity index (χ3n) is 6.72. The Hall–Kier alpha value is -3.96. The van der Waals surface area contributed by atoms with E-state index in [0.29, 0.717) is 18.4 Å². The van der Waals surface area contributed by atoms with Crippen molar-refractivity contribution in [3.05, 3.63) is 116 Å². The molecule has 3 aromatic carbocycles. The normalized spacial score (nSPS) is 21.5. The number of likely N-dealkylation sites (N-methyl/N-ethyl adjacent to an activating group) is 1. The predicted molar refractivity (Wildman–Crippen MR) is 181 cm³/mol. The summed E-state index contributed by atoms with van der Waals surface area (Å²) in [5.41, 5.74) is -11.7. The van der Waals surface area contributed by atoms with Crippen LogP contribution in [0, 0.1) is 12.7 Å². The molecule has 0 spiro atoms. The van der Waals surface area contributed by atoms with E-state index in [4.69, 9.17) is 26.0 Å². The maximum atomic E-state index is 15.3. The van der Waals surface area contributed by atoms with Crippen LogP contribution in [0.4, 0.5) is 17.6 Å². The SMILES string of the molecule is [2H]c1c([2H])c(C([2H])([2H])Sc2nc(=O)c3c(n2C([2H])([2H])C(=O)N(Cc2c([2H])c([2H])c(-c4c([2H])c([2H])c(C(F)(F)F)c([2H])c4[2H])c([2H])c2C)C([2H])([2H])C([2H])([2H])N(C([2H])([2H])C)C([2H])([2H])C)CCC3)c([2H])c([2H])c1F. The lowest BCUT2D eigenvalue weighted by Gasteiger charge is -2.28. The topological polar surface area (TPSA) is 58.4 Å². The second kappa shape index (κ2) is 15.5. The Bertz CT molecular complexity index is 2840. The molecule has 48 heavy (non-hydrogen) atoms. The maximum absolute atomic E-state index is 15.3. The second-order valence-corrected chi connectivity index (χ2v) is 10.6. The van der Waals surface area contributed by atoms with E-state index in [9.17, 15) is 27.8 Å². The fourth-order valence-corrected chi connectivity index (χ4v) is 5.02. The molecule has 1 amide bonds. The molecule has 0 fully saturated rings. The Balaban J connectivity index is 1.85. The molecule has 5 rings (SSSR count). The maximum Gasteiger partial charge on any atom is 0.416 e. The smallest absolute Gasteiger partial charge is 0.336 e. The minimum atomic E-state index is -5.42. The van der Waals surface area contributed by atoms with Crippen LogP contribution in [0.25, 0.3) is 11.1 Å². The molecule has 254 valence electrons. The van der Waals surface area contributed by atoms with Crippen molar-refractivity contribution in [3.63, 3.8) is 0 Å². The molecule has 0 radical (unpaired) electrons. The van der Waals surface area contributed by atoms with Crippen molar-refractivity contribution in [2.45, 2.75) is 70.1 Å². The number of hydrogen-bond donors (Lipinski definition) is 0. The molecule has 11 heteroatoms. The van der Waals surface area contributed by atoms with Gasteiger partial charge >= 0.3 is 6.18 Å². The molecule has 4 aromatic rings. The number of fused-ring (bicyclic) bond motifs is 1. The van der Waals surface area contributed by atoms with Gasteiger partial charge in [0, 0.05) is 47.5 Å². The molecule has 0 bridgehead atoms. The van der Waals surface area contributed by atoms with Crippen molar-refractivity contribution in [2.75, 3.05) is 26.0 Å². The Morgan fingerprint density at radius 3 is 2.35 bits per heavy atom. The summed E-state index contributed by atoms with van der Waals surface area (Å²) in [6.07, 6.45) is -5.78. The van der Waals surface area contributed by atoms with Gasteiger partial charge in [0.25, 0.3) is 5.56 Å². The molecule has 1 heterocycles. The lowest BCUT2D eigenvalue weighted by Crippen LogP contribution is -2.40. The van der Waals surface area contributed by atoms with Crippen LogP contribution < -0.4 is 5.56 Å². The van der Waals surface area contributed by atoms with E-state index in [0.717, 1.165) is 6.92 Å². The van der Waals surface area contributed by atoms with E-state index in [2.05, 4.69) is 4.98 Å². The van der Waals surface area contributed by atoms with E-state index >= 15 is 4.79 Å². The summed E-state index contributed by atoms with van der Waals surface area (Å²) in [6.45, 7) is -18.2. The minimum Gasteiger partial charge on any atom is -0.336 e. The zero-order valence-electron chi connectivity index (χ0n) is 48.4. The van der Waals surface area contributed by atoms with Gasteiger partial charge in [-0.2, -0.15) is 18.2 Å². The third kappa shape index (κ3) is 8.54. The molecule has 0 saturated carbocycles. The first kappa shape index (κ1) is 16.2. The first-order valence-corrected chi connectivity index (χ1v) is 14.8. The third-order valence-corrected chi connectivity index (χ3v) is 7.48. The summed E-state index contributed by atoms with van der Waals surface area (Å²) < 4.78 is 255. The molecule has 1 aliphatic carbocycles. The van der Waals surface area contributed by atoms with Crippen LogP contribution in [-0.4, -0.2) is 51.2 Å². The molecule has 0 atom stereocenters. The van der Waals surface area contributed by atoms with Gasteiger partial charge in [-0.05, 0) is 91.2 Å². The molecule has 0 unspecified atom stereocenters. The van der Waals surface area contributed by atoms with E-state index in [1.807, 2.05) is 0 Å². The highest BCUT2D eigenvalue weighted by Crippen LogP contribution is 2.32. The van der Waals surface area contributed by atoms with Crippen molar-refractivity contribution in [1.82, 2.24) is 19.4 Å². The lowest BCUT2D eigenvalue weighted by molar-refractivity contribution is -0.137. The Morgan fingerprint density at radius 2 is 1.69 bits per heavy atom. The number of alkyl halides is 3. The van der Waals surface area contributed by atoms with Crippen LogP contribution >= 0.6 is 11.8 Å². The number of carbonyl (C=O) groups is 1. The average molecular weight is 704 g/mol. The van der Waals surface area contributed by atoms with Gasteiger partial charge in [-0.25, -0.2) is 4.39 Å². The fraction of sp³-hybridized carbons (Fsp3) is 0.378. The van der Waals surface area contributed by atoms with Crippen molar-refractivity contribution < 1.29 is 53.9 Å². The Morgan fingerprint density at radius 1 is 1.00 bits per heavy atom. The van der Waals surface area contributed by atoms with Crippen LogP contribution in [0.3, 0.4) is 0 Å². The standard InChI is InChI=1S/C37H40F4N4O2S/c1-4-43(5-2)19-20-44(22-29-12-11-28(21-25(29)3)27-13-15-30(16-14-27)37(39,40)41)34(46)23-45-33-8-6-7-32(33)35(47)42-36(45)48-24-26-9-17-31(38)18-10-26/h9-18,21H,4-8,19-20,22-24H2,1-3H3/i4D2,5D2,9D,10D,11D,12D,13D,14D,15D,16D,17D,18D,19D2,20D2,21D,23D2,24D2. The number of halogens is 4. The van der Waals surface area contributed by atoms with E-state index < -0.39 is 173 Å². The highest BCUT2D eigenvalue weighted by molar-refractivity contribution is 7.98. The fourth-order valence-electron chi connectivity index (χ4n) is 4.35. The van der Waals surface area contributed by atoms with Gasteiger partial charge in [0.2, 0.25) is 5.91 Å². The zero-order chi connectivity index (χ0) is 54.8. The highest BCUT2D eigenvalue weighted by Gasteiger charge is 2.30. The molecule has 1 aliphatic rings. The first-order valence-electron chi connectivity index (χ1n) is 25.4. The van der Waals surface area contributed by atoms with Crippen LogP contribution in [0.15, 0.2) is 76.4 Å². The summed E-state index contributed by atoms with van der Waals surface area (Å²) in [4.78, 5) is 31.9. The molecule has 6 nitrogen and oxygen atoms in total. The van der Waals surface area contributed by atoms with Gasteiger partial charge in [0.05, 0.1) is 26.1 Å². The van der Waals surface area contributed by atoms with Crippen molar-refractivity contribution in [1.29, 1.82) is 0 Å².